The van der Waals surface area contributed by atoms with Crippen molar-refractivity contribution in [3.05, 3.63) is 33.8 Å². The Morgan fingerprint density at radius 1 is 1.31 bits per heavy atom. The summed E-state index contributed by atoms with van der Waals surface area (Å²) >= 11 is 6.48. The van der Waals surface area contributed by atoms with Crippen LogP contribution in [0.15, 0.2) is 22.7 Å². The molecule has 0 atom stereocenters. The van der Waals surface area contributed by atoms with Gasteiger partial charge in [-0.1, -0.05) is 34.1 Å². The first-order chi connectivity index (χ1) is 7.56. The van der Waals surface area contributed by atoms with Gasteiger partial charge in [-0.2, -0.15) is 0 Å². The lowest BCUT2D eigenvalue weighted by molar-refractivity contribution is -0.136. The Balaban J connectivity index is 3.03. The van der Waals surface area contributed by atoms with Crippen LogP contribution in [0.3, 0.4) is 0 Å². The molecule has 0 radical (unpaired) electrons. The van der Waals surface area contributed by atoms with Crippen molar-refractivity contribution in [3.63, 3.8) is 0 Å². The molecule has 1 aromatic rings. The maximum absolute atomic E-state index is 11.7. The van der Waals surface area contributed by atoms with Gasteiger partial charge in [-0.3, -0.25) is 9.59 Å². The van der Waals surface area contributed by atoms with E-state index in [9.17, 15) is 9.59 Å². The topological polar surface area (TPSA) is 54.4 Å². The molecule has 0 bridgehead atoms. The minimum Gasteiger partial charge on any atom is -0.481 e. The third-order valence-electron chi connectivity index (χ3n) is 2.04. The van der Waals surface area contributed by atoms with Gasteiger partial charge in [0.05, 0.1) is 6.42 Å². The molecule has 16 heavy (non-hydrogen) atoms. The van der Waals surface area contributed by atoms with Crippen LogP contribution in [0, 0.1) is 0 Å². The summed E-state index contributed by atoms with van der Waals surface area (Å²) in [6, 6.07) is 5.09. The van der Waals surface area contributed by atoms with Crippen LogP contribution in [0.4, 0.5) is 0 Å². The molecule has 0 saturated heterocycles. The zero-order valence-electron chi connectivity index (χ0n) is 8.37. The van der Waals surface area contributed by atoms with Crippen molar-refractivity contribution in [3.8, 4) is 0 Å². The van der Waals surface area contributed by atoms with E-state index in [1.165, 1.54) is 0 Å². The van der Waals surface area contributed by atoms with Gasteiger partial charge in [0, 0.05) is 21.8 Å². The van der Waals surface area contributed by atoms with E-state index in [2.05, 4.69) is 31.9 Å². The summed E-state index contributed by atoms with van der Waals surface area (Å²) < 4.78 is 0.586. The van der Waals surface area contributed by atoms with Crippen molar-refractivity contribution >= 4 is 43.6 Å². The average Bonchev–Trinajstić information content (AvgIpc) is 2.21. The molecule has 0 heterocycles. The van der Waals surface area contributed by atoms with Gasteiger partial charge in [-0.15, -0.1) is 0 Å². The third kappa shape index (κ3) is 3.42. The summed E-state index contributed by atoms with van der Waals surface area (Å²) in [5.41, 5.74) is 1.16. The third-order valence-corrected chi connectivity index (χ3v) is 3.38. The number of rotatable bonds is 5. The lowest BCUT2D eigenvalue weighted by Gasteiger charge is -2.06. The lowest BCUT2D eigenvalue weighted by Crippen LogP contribution is -2.06. The van der Waals surface area contributed by atoms with Crippen LogP contribution in [-0.4, -0.2) is 22.2 Å². The van der Waals surface area contributed by atoms with E-state index in [1.807, 2.05) is 0 Å². The predicted octanol–water partition coefficient (Wildman–Crippen LogP) is 3.04. The SMILES string of the molecule is O=C(O)Cc1cccc(C(=O)CCBr)c1Br. The molecular weight excluding hydrogens is 340 g/mol. The standard InChI is InChI=1S/C11H10Br2O3/c12-5-4-9(14)8-3-1-2-7(11(8)13)6-10(15)16/h1-3H,4-6H2,(H,15,16). The maximum Gasteiger partial charge on any atom is 0.307 e. The van der Waals surface area contributed by atoms with Gasteiger partial charge in [0.1, 0.15) is 0 Å². The second-order valence-corrected chi connectivity index (χ2v) is 4.80. The molecule has 3 nitrogen and oxygen atoms in total. The van der Waals surface area contributed by atoms with Crippen molar-refractivity contribution in [2.45, 2.75) is 12.8 Å². The molecule has 1 aromatic carbocycles. The van der Waals surface area contributed by atoms with Gasteiger partial charge in [-0.25, -0.2) is 0 Å². The molecule has 5 heteroatoms. The zero-order chi connectivity index (χ0) is 12.1. The van der Waals surface area contributed by atoms with Gasteiger partial charge >= 0.3 is 5.97 Å². The van der Waals surface area contributed by atoms with E-state index in [-0.39, 0.29) is 12.2 Å². The Bertz CT molecular complexity index is 416. The highest BCUT2D eigenvalue weighted by atomic mass is 79.9. The highest BCUT2D eigenvalue weighted by Crippen LogP contribution is 2.23. The summed E-state index contributed by atoms with van der Waals surface area (Å²) in [4.78, 5) is 22.3. The Hall–Kier alpha value is -0.680. The van der Waals surface area contributed by atoms with Crippen LogP contribution < -0.4 is 0 Å². The predicted molar refractivity (Wildman–Crippen MR) is 68.2 cm³/mol. The number of halogens is 2. The second-order valence-electron chi connectivity index (χ2n) is 3.21. The largest absolute Gasteiger partial charge is 0.481 e. The molecule has 0 unspecified atom stereocenters. The monoisotopic (exact) mass is 348 g/mol. The van der Waals surface area contributed by atoms with E-state index in [0.717, 1.165) is 0 Å². The number of hydrogen-bond acceptors (Lipinski definition) is 2. The van der Waals surface area contributed by atoms with Gasteiger partial charge in [-0.05, 0) is 21.5 Å². The minimum absolute atomic E-state index is 0.00371. The normalized spacial score (nSPS) is 10.1. The molecule has 0 aliphatic heterocycles. The molecule has 0 aromatic heterocycles. The number of carbonyl (C=O) groups is 2. The molecule has 0 spiro atoms. The molecule has 0 saturated carbocycles. The number of carboxylic acids is 1. The average molecular weight is 350 g/mol. The van der Waals surface area contributed by atoms with Crippen LogP contribution in [-0.2, 0) is 11.2 Å². The fourth-order valence-corrected chi connectivity index (χ4v) is 2.30. The van der Waals surface area contributed by atoms with Crippen molar-refractivity contribution in [1.29, 1.82) is 0 Å². The van der Waals surface area contributed by atoms with Gasteiger partial charge < -0.3 is 5.11 Å². The van der Waals surface area contributed by atoms with Crippen molar-refractivity contribution in [2.75, 3.05) is 5.33 Å². The Labute approximate surface area is 110 Å². The number of benzene rings is 1. The van der Waals surface area contributed by atoms with Gasteiger partial charge in [0.15, 0.2) is 5.78 Å². The first kappa shape index (κ1) is 13.4. The summed E-state index contributed by atoms with van der Waals surface area (Å²) in [6.07, 6.45) is 0.311. The summed E-state index contributed by atoms with van der Waals surface area (Å²) in [5.74, 6) is -0.915. The second kappa shape index (κ2) is 6.15. The minimum atomic E-state index is -0.911. The molecule has 1 N–H and O–H groups in total. The quantitative estimate of drug-likeness (QED) is 0.656. The number of carboxylic acid groups (broad SMARTS) is 1. The van der Waals surface area contributed by atoms with Crippen molar-refractivity contribution < 1.29 is 14.7 Å². The molecule has 0 fully saturated rings. The summed E-state index contributed by atoms with van der Waals surface area (Å²) in [5, 5.41) is 9.31. The van der Waals surface area contributed by atoms with Crippen molar-refractivity contribution in [1.82, 2.24) is 0 Å². The molecule has 0 amide bonds. The van der Waals surface area contributed by atoms with Gasteiger partial charge in [0.25, 0.3) is 0 Å². The number of Topliss-reactive ketones (excluding diaryl/α,β-unsaturated/α-hetero) is 1. The first-order valence-corrected chi connectivity index (χ1v) is 6.56. The first-order valence-electron chi connectivity index (χ1n) is 4.64. The Morgan fingerprint density at radius 2 is 2.00 bits per heavy atom. The van der Waals surface area contributed by atoms with Crippen LogP contribution in [0.5, 0.6) is 0 Å². The fourth-order valence-electron chi connectivity index (χ4n) is 1.32. The van der Waals surface area contributed by atoms with Gasteiger partial charge in [0.2, 0.25) is 0 Å². The van der Waals surface area contributed by atoms with Crippen LogP contribution in [0.2, 0.25) is 0 Å². The fraction of sp³-hybridized carbons (Fsp3) is 0.273. The number of ketones is 1. The molecular formula is C11H10Br2O3. The summed E-state index contributed by atoms with van der Waals surface area (Å²) in [6.45, 7) is 0. The van der Waals surface area contributed by atoms with E-state index in [4.69, 9.17) is 5.11 Å². The lowest BCUT2D eigenvalue weighted by atomic mass is 10.0. The molecule has 86 valence electrons. The molecule has 0 aliphatic rings. The van der Waals surface area contributed by atoms with Crippen LogP contribution in [0.25, 0.3) is 0 Å². The summed E-state index contributed by atoms with van der Waals surface area (Å²) in [7, 11) is 0. The van der Waals surface area contributed by atoms with Crippen molar-refractivity contribution in [2.24, 2.45) is 0 Å². The number of hydrogen-bond donors (Lipinski definition) is 1. The zero-order valence-corrected chi connectivity index (χ0v) is 11.5. The van der Waals surface area contributed by atoms with Crippen LogP contribution >= 0.6 is 31.9 Å². The molecule has 0 aliphatic carbocycles. The van der Waals surface area contributed by atoms with E-state index >= 15 is 0 Å². The number of alkyl halides is 1. The smallest absolute Gasteiger partial charge is 0.307 e. The molecule has 1 rings (SSSR count). The van der Waals surface area contributed by atoms with E-state index in [1.54, 1.807) is 18.2 Å². The number of aliphatic carboxylic acids is 1. The Morgan fingerprint density at radius 3 is 2.56 bits per heavy atom. The number of carbonyl (C=O) groups excluding carboxylic acids is 1. The van der Waals surface area contributed by atoms with E-state index in [0.29, 0.717) is 27.4 Å². The van der Waals surface area contributed by atoms with E-state index < -0.39 is 5.97 Å². The highest BCUT2D eigenvalue weighted by Gasteiger charge is 2.13. The van der Waals surface area contributed by atoms with Crippen LogP contribution in [0.1, 0.15) is 22.3 Å². The highest BCUT2D eigenvalue weighted by molar-refractivity contribution is 9.10. The Kier molecular flexibility index (Phi) is 5.15. The maximum atomic E-state index is 11.7.